The molecule has 1 saturated heterocycles. The zero-order chi connectivity index (χ0) is 17.4. The van der Waals surface area contributed by atoms with Gasteiger partial charge in [0.25, 0.3) is 0 Å². The van der Waals surface area contributed by atoms with Gasteiger partial charge in [0.1, 0.15) is 12.4 Å². The van der Waals surface area contributed by atoms with Crippen molar-refractivity contribution < 1.29 is 9.84 Å². The Hall–Kier alpha value is -1.84. The molecule has 3 nitrogen and oxygen atoms in total. The van der Waals surface area contributed by atoms with E-state index in [4.69, 9.17) is 4.74 Å². The van der Waals surface area contributed by atoms with E-state index in [1.807, 2.05) is 30.3 Å². The monoisotopic (exact) mass is 339 g/mol. The molecule has 1 heterocycles. The fourth-order valence-corrected chi connectivity index (χ4v) is 3.49. The third kappa shape index (κ3) is 5.87. The van der Waals surface area contributed by atoms with Gasteiger partial charge in [-0.25, -0.2) is 0 Å². The van der Waals surface area contributed by atoms with Gasteiger partial charge in [0, 0.05) is 6.54 Å². The second-order valence-electron chi connectivity index (χ2n) is 7.11. The number of benzene rings is 2. The highest BCUT2D eigenvalue weighted by Gasteiger charge is 2.30. The molecule has 1 N–H and O–H groups in total. The van der Waals surface area contributed by atoms with E-state index in [1.165, 1.54) is 12.0 Å². The van der Waals surface area contributed by atoms with Gasteiger partial charge in [0.15, 0.2) is 0 Å². The zero-order valence-electron chi connectivity index (χ0n) is 14.9. The lowest BCUT2D eigenvalue weighted by molar-refractivity contribution is -0.0167. The SMILES string of the molecule is OC1(COc2ccccc2)CCCN(CCCc2ccccc2)CC1. The summed E-state index contributed by atoms with van der Waals surface area (Å²) in [4.78, 5) is 2.49. The molecule has 3 rings (SSSR count). The van der Waals surface area contributed by atoms with Crippen molar-refractivity contribution in [2.45, 2.75) is 37.7 Å². The van der Waals surface area contributed by atoms with Crippen molar-refractivity contribution in [3.8, 4) is 5.75 Å². The van der Waals surface area contributed by atoms with Crippen LogP contribution in [0.4, 0.5) is 0 Å². The van der Waals surface area contributed by atoms with Gasteiger partial charge in [0.2, 0.25) is 0 Å². The highest BCUT2D eigenvalue weighted by atomic mass is 16.5. The molecule has 0 amide bonds. The smallest absolute Gasteiger partial charge is 0.119 e. The summed E-state index contributed by atoms with van der Waals surface area (Å²) in [5.41, 5.74) is 0.703. The van der Waals surface area contributed by atoms with Crippen molar-refractivity contribution in [3.63, 3.8) is 0 Å². The summed E-state index contributed by atoms with van der Waals surface area (Å²) in [6, 6.07) is 20.4. The van der Waals surface area contributed by atoms with Crippen LogP contribution < -0.4 is 4.74 Å². The summed E-state index contributed by atoms with van der Waals surface area (Å²) in [5, 5.41) is 10.9. The maximum absolute atomic E-state index is 10.9. The molecule has 1 atom stereocenters. The van der Waals surface area contributed by atoms with Gasteiger partial charge in [-0.3, -0.25) is 0 Å². The van der Waals surface area contributed by atoms with E-state index in [-0.39, 0.29) is 0 Å². The van der Waals surface area contributed by atoms with E-state index >= 15 is 0 Å². The molecule has 1 aliphatic rings. The predicted molar refractivity (Wildman–Crippen MR) is 102 cm³/mol. The van der Waals surface area contributed by atoms with Gasteiger partial charge in [-0.1, -0.05) is 48.5 Å². The summed E-state index contributed by atoms with van der Waals surface area (Å²) in [7, 11) is 0. The van der Waals surface area contributed by atoms with Crippen LogP contribution in [0.1, 0.15) is 31.2 Å². The van der Waals surface area contributed by atoms with Crippen LogP contribution in [-0.4, -0.2) is 41.8 Å². The van der Waals surface area contributed by atoms with Crippen LogP contribution in [0.15, 0.2) is 60.7 Å². The van der Waals surface area contributed by atoms with Crippen LogP contribution in [0.25, 0.3) is 0 Å². The van der Waals surface area contributed by atoms with Gasteiger partial charge in [0.05, 0.1) is 5.60 Å². The average molecular weight is 339 g/mol. The maximum atomic E-state index is 10.9. The fourth-order valence-electron chi connectivity index (χ4n) is 3.49. The van der Waals surface area contributed by atoms with Crippen molar-refractivity contribution >= 4 is 0 Å². The lowest BCUT2D eigenvalue weighted by Crippen LogP contribution is -2.37. The third-order valence-corrected chi connectivity index (χ3v) is 5.04. The Bertz CT molecular complexity index is 616. The molecular formula is C22H29NO2. The number of likely N-dealkylation sites (tertiary alicyclic amines) is 1. The lowest BCUT2D eigenvalue weighted by Gasteiger charge is -2.27. The van der Waals surface area contributed by atoms with Crippen LogP contribution in [0.3, 0.4) is 0 Å². The summed E-state index contributed by atoms with van der Waals surface area (Å²) in [6.07, 6.45) is 4.92. The third-order valence-electron chi connectivity index (χ3n) is 5.04. The Kier molecular flexibility index (Phi) is 6.48. The maximum Gasteiger partial charge on any atom is 0.119 e. The molecule has 2 aromatic rings. The van der Waals surface area contributed by atoms with Crippen molar-refractivity contribution in [2.24, 2.45) is 0 Å². The van der Waals surface area contributed by atoms with Crippen LogP contribution >= 0.6 is 0 Å². The minimum absolute atomic E-state index is 0.384. The van der Waals surface area contributed by atoms with Crippen LogP contribution in [0, 0.1) is 0 Å². The van der Waals surface area contributed by atoms with Crippen molar-refractivity contribution in [2.75, 3.05) is 26.2 Å². The second-order valence-corrected chi connectivity index (χ2v) is 7.11. The van der Waals surface area contributed by atoms with Crippen molar-refractivity contribution in [1.82, 2.24) is 4.90 Å². The highest BCUT2D eigenvalue weighted by molar-refractivity contribution is 5.21. The molecular weight excluding hydrogens is 310 g/mol. The molecule has 25 heavy (non-hydrogen) atoms. The van der Waals surface area contributed by atoms with E-state index in [1.54, 1.807) is 0 Å². The first-order valence-corrected chi connectivity index (χ1v) is 9.40. The first kappa shape index (κ1) is 18.0. The first-order valence-electron chi connectivity index (χ1n) is 9.40. The van der Waals surface area contributed by atoms with Crippen molar-refractivity contribution in [1.29, 1.82) is 0 Å². The Morgan fingerprint density at radius 3 is 2.40 bits per heavy atom. The molecule has 0 bridgehead atoms. The summed E-state index contributed by atoms with van der Waals surface area (Å²) >= 11 is 0. The molecule has 134 valence electrons. The number of para-hydroxylation sites is 1. The molecule has 0 spiro atoms. The molecule has 0 saturated carbocycles. The van der Waals surface area contributed by atoms with Crippen LogP contribution in [-0.2, 0) is 6.42 Å². The normalized spacial score (nSPS) is 21.6. The number of aliphatic hydroxyl groups is 1. The molecule has 0 radical (unpaired) electrons. The minimum Gasteiger partial charge on any atom is -0.491 e. The Labute approximate surface area is 151 Å². The standard InChI is InChI=1S/C22H29NO2/c24-22(19-25-21-12-5-2-6-13-21)14-8-17-23(18-15-22)16-7-11-20-9-3-1-4-10-20/h1-6,9-10,12-13,24H,7-8,11,14-19H2. The number of rotatable bonds is 7. The van der Waals surface area contributed by atoms with Gasteiger partial charge >= 0.3 is 0 Å². The molecule has 1 aliphatic heterocycles. The molecule has 2 aromatic carbocycles. The molecule has 1 fully saturated rings. The molecule has 0 aliphatic carbocycles. The van der Waals surface area contributed by atoms with E-state index in [0.29, 0.717) is 6.61 Å². The lowest BCUT2D eigenvalue weighted by atomic mass is 9.96. The van der Waals surface area contributed by atoms with Gasteiger partial charge in [-0.2, -0.15) is 0 Å². The van der Waals surface area contributed by atoms with Gasteiger partial charge in [-0.15, -0.1) is 0 Å². The van der Waals surface area contributed by atoms with Crippen molar-refractivity contribution in [3.05, 3.63) is 66.2 Å². The van der Waals surface area contributed by atoms with Crippen LogP contribution in [0.2, 0.25) is 0 Å². The number of hydrogen-bond donors (Lipinski definition) is 1. The molecule has 1 unspecified atom stereocenters. The quantitative estimate of drug-likeness (QED) is 0.830. The Balaban J connectivity index is 1.41. The minimum atomic E-state index is -0.704. The number of hydrogen-bond acceptors (Lipinski definition) is 3. The van der Waals surface area contributed by atoms with Gasteiger partial charge < -0.3 is 14.7 Å². The number of ether oxygens (including phenoxy) is 1. The largest absolute Gasteiger partial charge is 0.491 e. The van der Waals surface area contributed by atoms with Crippen LogP contribution in [0.5, 0.6) is 5.75 Å². The first-order chi connectivity index (χ1) is 12.2. The number of aryl methyl sites for hydroxylation is 1. The van der Waals surface area contributed by atoms with E-state index in [9.17, 15) is 5.11 Å². The second kappa shape index (κ2) is 9.02. The summed E-state index contributed by atoms with van der Waals surface area (Å²) in [5.74, 6) is 0.833. The molecule has 3 heteroatoms. The summed E-state index contributed by atoms with van der Waals surface area (Å²) in [6.45, 7) is 3.51. The predicted octanol–water partition coefficient (Wildman–Crippen LogP) is 3.92. The van der Waals surface area contributed by atoms with E-state index in [2.05, 4.69) is 35.2 Å². The average Bonchev–Trinajstić information content (AvgIpc) is 2.84. The molecule has 0 aromatic heterocycles. The Morgan fingerprint density at radius 1 is 0.920 bits per heavy atom. The fraction of sp³-hybridized carbons (Fsp3) is 0.455. The highest BCUT2D eigenvalue weighted by Crippen LogP contribution is 2.24. The number of nitrogens with zero attached hydrogens (tertiary/aromatic N) is 1. The topological polar surface area (TPSA) is 32.7 Å². The zero-order valence-corrected chi connectivity index (χ0v) is 14.9. The van der Waals surface area contributed by atoms with E-state index < -0.39 is 5.60 Å². The Morgan fingerprint density at radius 2 is 1.64 bits per heavy atom. The van der Waals surface area contributed by atoms with Gasteiger partial charge in [-0.05, 0) is 62.9 Å². The van der Waals surface area contributed by atoms with E-state index in [0.717, 1.165) is 51.1 Å². The summed E-state index contributed by atoms with van der Waals surface area (Å²) < 4.78 is 5.81.